The van der Waals surface area contributed by atoms with Crippen LogP contribution in [0.3, 0.4) is 0 Å². The lowest BCUT2D eigenvalue weighted by Crippen LogP contribution is -2.50. The van der Waals surface area contributed by atoms with Gasteiger partial charge in [0.1, 0.15) is 0 Å². The standard InChI is InChI=1S/C19H22N2O4/c22-18(11-14-3-1-2-4-14)20-7-9-21(10-8-20)19(23)15-5-6-16-17(12-15)25-13-24-16/h1,3,5-6,12,14H,2,4,7-11,13H2/t14-/m0/s1. The molecule has 1 aliphatic carbocycles. The highest BCUT2D eigenvalue weighted by atomic mass is 16.7. The van der Waals surface area contributed by atoms with Crippen LogP contribution in [-0.2, 0) is 4.79 Å². The largest absolute Gasteiger partial charge is 0.454 e. The Morgan fingerprint density at radius 3 is 2.56 bits per heavy atom. The number of ether oxygens (including phenoxy) is 2. The van der Waals surface area contributed by atoms with E-state index in [0.29, 0.717) is 55.6 Å². The normalized spacial score (nSPS) is 21.7. The molecule has 0 aromatic heterocycles. The van der Waals surface area contributed by atoms with E-state index >= 15 is 0 Å². The number of nitrogens with zero attached hydrogens (tertiary/aromatic N) is 2. The molecule has 0 radical (unpaired) electrons. The Kier molecular flexibility index (Phi) is 4.34. The summed E-state index contributed by atoms with van der Waals surface area (Å²) in [6.07, 6.45) is 7.05. The minimum absolute atomic E-state index is 0.0240. The first-order valence-corrected chi connectivity index (χ1v) is 8.84. The van der Waals surface area contributed by atoms with Crippen LogP contribution in [0.15, 0.2) is 30.4 Å². The first-order valence-electron chi connectivity index (χ1n) is 8.84. The summed E-state index contributed by atoms with van der Waals surface area (Å²) >= 11 is 0. The predicted octanol–water partition coefficient (Wildman–Crippen LogP) is 2.06. The Hall–Kier alpha value is -2.50. The highest BCUT2D eigenvalue weighted by molar-refractivity contribution is 5.95. The summed E-state index contributed by atoms with van der Waals surface area (Å²) in [6.45, 7) is 2.54. The van der Waals surface area contributed by atoms with Gasteiger partial charge in [0.05, 0.1) is 0 Å². The van der Waals surface area contributed by atoms with Crippen LogP contribution in [0, 0.1) is 5.92 Å². The number of hydrogen-bond donors (Lipinski definition) is 0. The van der Waals surface area contributed by atoms with Crippen LogP contribution >= 0.6 is 0 Å². The van der Waals surface area contributed by atoms with Gasteiger partial charge in [-0.1, -0.05) is 12.2 Å². The molecule has 2 amide bonds. The molecule has 1 aromatic rings. The number of rotatable bonds is 3. The molecule has 1 aromatic carbocycles. The molecular weight excluding hydrogens is 320 g/mol. The van der Waals surface area contributed by atoms with Gasteiger partial charge in [-0.25, -0.2) is 0 Å². The van der Waals surface area contributed by atoms with E-state index in [1.54, 1.807) is 23.1 Å². The molecule has 2 heterocycles. The van der Waals surface area contributed by atoms with Crippen molar-refractivity contribution >= 4 is 11.8 Å². The third-order valence-electron chi connectivity index (χ3n) is 5.09. The van der Waals surface area contributed by atoms with Gasteiger partial charge in [-0.2, -0.15) is 0 Å². The van der Waals surface area contributed by atoms with Gasteiger partial charge in [0.2, 0.25) is 12.7 Å². The van der Waals surface area contributed by atoms with Gasteiger partial charge in [0.25, 0.3) is 5.91 Å². The van der Waals surface area contributed by atoms with E-state index in [0.717, 1.165) is 12.8 Å². The molecule has 0 spiro atoms. The van der Waals surface area contributed by atoms with Crippen molar-refractivity contribution in [2.75, 3.05) is 33.0 Å². The van der Waals surface area contributed by atoms with Gasteiger partial charge in [-0.3, -0.25) is 9.59 Å². The molecule has 1 atom stereocenters. The number of hydrogen-bond acceptors (Lipinski definition) is 4. The van der Waals surface area contributed by atoms with Crippen molar-refractivity contribution in [1.82, 2.24) is 9.80 Å². The van der Waals surface area contributed by atoms with Crippen LogP contribution in [0.4, 0.5) is 0 Å². The highest BCUT2D eigenvalue weighted by Gasteiger charge is 2.27. The van der Waals surface area contributed by atoms with Crippen LogP contribution in [0.1, 0.15) is 29.6 Å². The SMILES string of the molecule is O=C(C[C@H]1C=CCC1)N1CCN(C(=O)c2ccc3c(c2)OCO3)CC1. The number of benzene rings is 1. The fraction of sp³-hybridized carbons (Fsp3) is 0.474. The second-order valence-electron chi connectivity index (χ2n) is 6.71. The Bertz CT molecular complexity index is 707. The first-order chi connectivity index (χ1) is 12.2. The maximum atomic E-state index is 12.7. The van der Waals surface area contributed by atoms with E-state index in [1.165, 1.54) is 0 Å². The predicted molar refractivity (Wildman–Crippen MR) is 91.5 cm³/mol. The van der Waals surface area contributed by atoms with Crippen molar-refractivity contribution in [3.63, 3.8) is 0 Å². The maximum absolute atomic E-state index is 12.7. The van der Waals surface area contributed by atoms with Crippen molar-refractivity contribution < 1.29 is 19.1 Å². The summed E-state index contributed by atoms with van der Waals surface area (Å²) in [5, 5.41) is 0. The van der Waals surface area contributed by atoms with E-state index in [9.17, 15) is 9.59 Å². The van der Waals surface area contributed by atoms with Crippen molar-refractivity contribution in [2.24, 2.45) is 5.92 Å². The molecule has 3 aliphatic rings. The summed E-state index contributed by atoms with van der Waals surface area (Å²) in [5.74, 6) is 1.86. The lowest BCUT2D eigenvalue weighted by molar-refractivity contribution is -0.133. The third kappa shape index (κ3) is 3.34. The van der Waals surface area contributed by atoms with E-state index in [2.05, 4.69) is 12.2 Å². The Labute approximate surface area is 147 Å². The number of carbonyl (C=O) groups excluding carboxylic acids is 2. The molecule has 6 nitrogen and oxygen atoms in total. The fourth-order valence-electron chi connectivity index (χ4n) is 3.59. The van der Waals surface area contributed by atoms with Gasteiger partial charge in [-0.15, -0.1) is 0 Å². The Morgan fingerprint density at radius 1 is 1.04 bits per heavy atom. The van der Waals surface area contributed by atoms with Crippen molar-refractivity contribution in [2.45, 2.75) is 19.3 Å². The van der Waals surface area contributed by atoms with Crippen molar-refractivity contribution in [3.05, 3.63) is 35.9 Å². The molecule has 0 unspecified atom stereocenters. The zero-order chi connectivity index (χ0) is 17.2. The van der Waals surface area contributed by atoms with E-state index < -0.39 is 0 Å². The average molecular weight is 342 g/mol. The minimum atomic E-state index is -0.0240. The van der Waals surface area contributed by atoms with E-state index in [4.69, 9.17) is 9.47 Å². The second-order valence-corrected chi connectivity index (χ2v) is 6.71. The number of allylic oxidation sites excluding steroid dienone is 2. The molecule has 0 saturated carbocycles. The fourth-order valence-corrected chi connectivity index (χ4v) is 3.59. The van der Waals surface area contributed by atoms with Crippen molar-refractivity contribution in [3.8, 4) is 11.5 Å². The van der Waals surface area contributed by atoms with Gasteiger partial charge < -0.3 is 19.3 Å². The lowest BCUT2D eigenvalue weighted by Gasteiger charge is -2.35. The van der Waals surface area contributed by atoms with E-state index in [-0.39, 0.29) is 18.6 Å². The molecule has 0 N–H and O–H groups in total. The molecule has 6 heteroatoms. The maximum Gasteiger partial charge on any atom is 0.254 e. The minimum Gasteiger partial charge on any atom is -0.454 e. The van der Waals surface area contributed by atoms with Crippen LogP contribution in [-0.4, -0.2) is 54.6 Å². The monoisotopic (exact) mass is 342 g/mol. The topological polar surface area (TPSA) is 59.1 Å². The van der Waals surface area contributed by atoms with Gasteiger partial charge >= 0.3 is 0 Å². The first kappa shape index (κ1) is 16.0. The molecule has 2 aliphatic heterocycles. The quantitative estimate of drug-likeness (QED) is 0.789. The van der Waals surface area contributed by atoms with Crippen LogP contribution in [0.25, 0.3) is 0 Å². The van der Waals surface area contributed by atoms with Gasteiger partial charge in [0.15, 0.2) is 11.5 Å². The van der Waals surface area contributed by atoms with E-state index in [1.807, 2.05) is 4.90 Å². The van der Waals surface area contributed by atoms with Crippen LogP contribution in [0.2, 0.25) is 0 Å². The molecule has 1 saturated heterocycles. The molecular formula is C19H22N2O4. The summed E-state index contributed by atoms with van der Waals surface area (Å²) < 4.78 is 10.6. The Balaban J connectivity index is 1.32. The summed E-state index contributed by atoms with van der Waals surface area (Å²) in [5.41, 5.74) is 0.597. The highest BCUT2D eigenvalue weighted by Crippen LogP contribution is 2.33. The number of amides is 2. The Morgan fingerprint density at radius 2 is 1.80 bits per heavy atom. The summed E-state index contributed by atoms with van der Waals surface area (Å²) in [4.78, 5) is 28.7. The molecule has 1 fully saturated rings. The van der Waals surface area contributed by atoms with Gasteiger partial charge in [-0.05, 0) is 37.0 Å². The summed E-state index contributed by atoms with van der Waals surface area (Å²) in [7, 11) is 0. The lowest BCUT2D eigenvalue weighted by atomic mass is 10.0. The molecule has 132 valence electrons. The number of carbonyl (C=O) groups is 2. The molecule has 0 bridgehead atoms. The molecule has 4 rings (SSSR count). The van der Waals surface area contributed by atoms with Gasteiger partial charge in [0, 0.05) is 38.2 Å². The van der Waals surface area contributed by atoms with Crippen LogP contribution < -0.4 is 9.47 Å². The third-order valence-corrected chi connectivity index (χ3v) is 5.09. The number of fused-ring (bicyclic) bond motifs is 1. The van der Waals surface area contributed by atoms with Crippen LogP contribution in [0.5, 0.6) is 11.5 Å². The average Bonchev–Trinajstić information content (AvgIpc) is 3.32. The second kappa shape index (κ2) is 6.78. The molecule has 25 heavy (non-hydrogen) atoms. The zero-order valence-corrected chi connectivity index (χ0v) is 14.1. The van der Waals surface area contributed by atoms with Crippen molar-refractivity contribution in [1.29, 1.82) is 0 Å². The number of piperazine rings is 1. The summed E-state index contributed by atoms with van der Waals surface area (Å²) in [6, 6.07) is 5.26. The zero-order valence-electron chi connectivity index (χ0n) is 14.1. The smallest absolute Gasteiger partial charge is 0.254 e.